The van der Waals surface area contributed by atoms with Gasteiger partial charge in [0, 0.05) is 36.6 Å². The van der Waals surface area contributed by atoms with Crippen LogP contribution in [0.2, 0.25) is 0 Å². The molecule has 2 aromatic rings. The summed E-state index contributed by atoms with van der Waals surface area (Å²) in [7, 11) is -3.71. The molecule has 3 rings (SSSR count). The van der Waals surface area contributed by atoms with Crippen LogP contribution in [0.15, 0.2) is 52.3 Å². The van der Waals surface area contributed by atoms with E-state index >= 15 is 0 Å². The fraction of sp³-hybridized carbons (Fsp3) is 0.350. The van der Waals surface area contributed by atoms with E-state index in [1.807, 2.05) is 31.4 Å². The number of sulfonamides is 1. The summed E-state index contributed by atoms with van der Waals surface area (Å²) in [5.74, 6) is -0.552. The summed E-state index contributed by atoms with van der Waals surface area (Å²) >= 11 is 1.58. The Labute approximate surface area is 169 Å². The van der Waals surface area contributed by atoms with Crippen LogP contribution in [0, 0.1) is 12.7 Å². The van der Waals surface area contributed by atoms with Crippen molar-refractivity contribution in [3.05, 3.63) is 59.4 Å². The molecule has 150 valence electrons. The highest BCUT2D eigenvalue weighted by molar-refractivity contribution is 7.98. The van der Waals surface area contributed by atoms with Crippen molar-refractivity contribution in [2.45, 2.75) is 23.1 Å². The minimum atomic E-state index is -3.71. The molecule has 8 heteroatoms. The van der Waals surface area contributed by atoms with E-state index in [2.05, 4.69) is 0 Å². The number of carbonyl (C=O) groups excluding carboxylic acids is 1. The lowest BCUT2D eigenvalue weighted by Gasteiger charge is -2.23. The molecule has 0 aromatic heterocycles. The van der Waals surface area contributed by atoms with Gasteiger partial charge in [-0.25, -0.2) is 12.8 Å². The van der Waals surface area contributed by atoms with E-state index in [1.165, 1.54) is 16.4 Å². The molecule has 28 heavy (non-hydrogen) atoms. The quantitative estimate of drug-likeness (QED) is 0.709. The lowest BCUT2D eigenvalue weighted by molar-refractivity contribution is 0.0763. The minimum absolute atomic E-state index is 0.0668. The third-order valence-corrected chi connectivity index (χ3v) is 7.51. The predicted molar refractivity (Wildman–Crippen MR) is 109 cm³/mol. The molecule has 0 aliphatic carbocycles. The summed E-state index contributed by atoms with van der Waals surface area (Å²) in [4.78, 5) is 15.8. The zero-order valence-corrected chi connectivity index (χ0v) is 17.5. The molecule has 0 N–H and O–H groups in total. The molecule has 0 saturated carbocycles. The molecular weight excluding hydrogens is 399 g/mol. The normalized spacial score (nSPS) is 16.0. The third-order valence-electron chi connectivity index (χ3n) is 4.87. The Morgan fingerprint density at radius 3 is 2.43 bits per heavy atom. The van der Waals surface area contributed by atoms with Crippen molar-refractivity contribution in [3.63, 3.8) is 0 Å². The van der Waals surface area contributed by atoms with Gasteiger partial charge in [-0.1, -0.05) is 6.07 Å². The van der Waals surface area contributed by atoms with Gasteiger partial charge in [-0.15, -0.1) is 11.8 Å². The fourth-order valence-corrected chi connectivity index (χ4v) is 5.13. The second-order valence-electron chi connectivity index (χ2n) is 6.68. The Hall–Kier alpha value is -1.90. The van der Waals surface area contributed by atoms with Gasteiger partial charge in [0.1, 0.15) is 5.82 Å². The molecule has 2 aromatic carbocycles. The zero-order valence-electron chi connectivity index (χ0n) is 15.9. The van der Waals surface area contributed by atoms with Crippen molar-refractivity contribution in [1.82, 2.24) is 9.21 Å². The average molecular weight is 423 g/mol. The first-order valence-corrected chi connectivity index (χ1v) is 11.7. The Kier molecular flexibility index (Phi) is 6.42. The van der Waals surface area contributed by atoms with Gasteiger partial charge in [-0.2, -0.15) is 4.31 Å². The van der Waals surface area contributed by atoms with Crippen LogP contribution in [-0.4, -0.2) is 56.0 Å². The van der Waals surface area contributed by atoms with Gasteiger partial charge in [0.05, 0.1) is 4.90 Å². The Morgan fingerprint density at radius 1 is 1.04 bits per heavy atom. The van der Waals surface area contributed by atoms with Crippen LogP contribution in [0.5, 0.6) is 0 Å². The summed E-state index contributed by atoms with van der Waals surface area (Å²) in [6.07, 6.45) is 2.51. The van der Waals surface area contributed by atoms with Crippen LogP contribution in [0.4, 0.5) is 4.39 Å². The van der Waals surface area contributed by atoms with Crippen LogP contribution < -0.4 is 0 Å². The molecule has 1 heterocycles. The number of thioether (sulfide) groups is 1. The zero-order chi connectivity index (χ0) is 20.3. The highest BCUT2D eigenvalue weighted by Gasteiger charge is 2.29. The minimum Gasteiger partial charge on any atom is -0.337 e. The highest BCUT2D eigenvalue weighted by atomic mass is 32.2. The maximum absolute atomic E-state index is 13.1. The van der Waals surface area contributed by atoms with E-state index in [4.69, 9.17) is 0 Å². The maximum atomic E-state index is 13.1. The summed E-state index contributed by atoms with van der Waals surface area (Å²) in [6.45, 7) is 3.26. The first-order chi connectivity index (χ1) is 13.3. The molecular formula is C20H23FN2O3S2. The van der Waals surface area contributed by atoms with Crippen molar-refractivity contribution < 1.29 is 17.6 Å². The lowest BCUT2D eigenvalue weighted by atomic mass is 10.1. The van der Waals surface area contributed by atoms with Crippen molar-refractivity contribution in [2.24, 2.45) is 0 Å². The fourth-order valence-electron chi connectivity index (χ4n) is 3.22. The van der Waals surface area contributed by atoms with E-state index in [9.17, 15) is 17.6 Å². The molecule has 1 fully saturated rings. The largest absolute Gasteiger partial charge is 0.337 e. The van der Waals surface area contributed by atoms with Crippen molar-refractivity contribution in [3.8, 4) is 0 Å². The van der Waals surface area contributed by atoms with Gasteiger partial charge in [-0.3, -0.25) is 4.79 Å². The number of rotatable bonds is 4. The monoisotopic (exact) mass is 422 g/mol. The molecule has 0 spiro atoms. The van der Waals surface area contributed by atoms with Gasteiger partial charge in [0.25, 0.3) is 5.91 Å². The molecule has 1 saturated heterocycles. The number of carbonyl (C=O) groups is 1. The van der Waals surface area contributed by atoms with Crippen LogP contribution in [-0.2, 0) is 10.0 Å². The SMILES string of the molecule is CSc1ccc(C)c(C(=O)N2CCCN(S(=O)(=O)c3ccc(F)cc3)CC2)c1. The number of aryl methyl sites for hydroxylation is 1. The third kappa shape index (κ3) is 4.39. The molecule has 0 atom stereocenters. The standard InChI is InChI=1S/C20H23FN2O3S2/c1-15-4-7-17(27-2)14-19(15)20(24)22-10-3-11-23(13-12-22)28(25,26)18-8-5-16(21)6-9-18/h4-9,14H,3,10-13H2,1-2H3. The lowest BCUT2D eigenvalue weighted by Crippen LogP contribution is -2.37. The molecule has 1 aliphatic heterocycles. The van der Waals surface area contributed by atoms with Crippen LogP contribution in [0.25, 0.3) is 0 Å². The van der Waals surface area contributed by atoms with Gasteiger partial charge in [-0.05, 0) is 61.6 Å². The topological polar surface area (TPSA) is 57.7 Å². The summed E-state index contributed by atoms with van der Waals surface area (Å²) in [5.41, 5.74) is 1.56. The Bertz CT molecular complexity index is 962. The predicted octanol–water partition coefficient (Wildman–Crippen LogP) is 3.39. The molecule has 0 radical (unpaired) electrons. The van der Waals surface area contributed by atoms with E-state index in [0.717, 1.165) is 22.6 Å². The van der Waals surface area contributed by atoms with Crippen LogP contribution in [0.3, 0.4) is 0 Å². The molecule has 1 amide bonds. The van der Waals surface area contributed by atoms with Gasteiger partial charge >= 0.3 is 0 Å². The highest BCUT2D eigenvalue weighted by Crippen LogP contribution is 2.22. The first kappa shape index (κ1) is 20.8. The molecule has 0 bridgehead atoms. The molecule has 0 unspecified atom stereocenters. The summed E-state index contributed by atoms with van der Waals surface area (Å²) < 4.78 is 40.2. The second-order valence-corrected chi connectivity index (χ2v) is 9.50. The van der Waals surface area contributed by atoms with E-state index in [1.54, 1.807) is 16.7 Å². The van der Waals surface area contributed by atoms with E-state index in [0.29, 0.717) is 31.6 Å². The summed E-state index contributed by atoms with van der Waals surface area (Å²) in [5, 5.41) is 0. The molecule has 5 nitrogen and oxygen atoms in total. The van der Waals surface area contributed by atoms with Gasteiger partial charge in [0.2, 0.25) is 10.0 Å². The first-order valence-electron chi connectivity index (χ1n) is 9.02. The summed E-state index contributed by atoms with van der Waals surface area (Å²) in [6, 6.07) is 10.6. The smallest absolute Gasteiger partial charge is 0.254 e. The number of hydrogen-bond acceptors (Lipinski definition) is 4. The molecule has 1 aliphatic rings. The van der Waals surface area contributed by atoms with E-state index < -0.39 is 15.8 Å². The number of hydrogen-bond donors (Lipinski definition) is 0. The van der Waals surface area contributed by atoms with Crippen molar-refractivity contribution in [2.75, 3.05) is 32.4 Å². The number of amides is 1. The number of benzene rings is 2. The average Bonchev–Trinajstić information content (AvgIpc) is 2.95. The van der Waals surface area contributed by atoms with E-state index in [-0.39, 0.29) is 17.3 Å². The van der Waals surface area contributed by atoms with Crippen LogP contribution in [0.1, 0.15) is 22.3 Å². The van der Waals surface area contributed by atoms with Crippen molar-refractivity contribution >= 4 is 27.7 Å². The Morgan fingerprint density at radius 2 is 1.75 bits per heavy atom. The van der Waals surface area contributed by atoms with Gasteiger partial charge < -0.3 is 4.90 Å². The number of halogens is 1. The second kappa shape index (κ2) is 8.63. The maximum Gasteiger partial charge on any atom is 0.254 e. The van der Waals surface area contributed by atoms with Crippen molar-refractivity contribution in [1.29, 1.82) is 0 Å². The number of nitrogens with zero attached hydrogens (tertiary/aromatic N) is 2. The Balaban J connectivity index is 1.76. The van der Waals surface area contributed by atoms with Gasteiger partial charge in [0.15, 0.2) is 0 Å². The van der Waals surface area contributed by atoms with Crippen LogP contribution >= 0.6 is 11.8 Å².